The van der Waals surface area contributed by atoms with Crippen LogP contribution in [0.2, 0.25) is 0 Å². The summed E-state index contributed by atoms with van der Waals surface area (Å²) in [7, 11) is 2.44. The van der Waals surface area contributed by atoms with Crippen LogP contribution in [0.15, 0.2) is 42.5 Å². The van der Waals surface area contributed by atoms with Crippen LogP contribution in [0.25, 0.3) is 0 Å². The van der Waals surface area contributed by atoms with Gasteiger partial charge in [0.25, 0.3) is 0 Å². The number of aryl methyl sites for hydroxylation is 2. The second kappa shape index (κ2) is 13.4. The van der Waals surface area contributed by atoms with Gasteiger partial charge in [-0.2, -0.15) is 0 Å². The molecule has 0 radical (unpaired) electrons. The van der Waals surface area contributed by atoms with Gasteiger partial charge in [0.2, 0.25) is 17.7 Å². The number of amides is 3. The molecule has 1 aliphatic heterocycles. The Morgan fingerprint density at radius 3 is 2.33 bits per heavy atom. The third-order valence-electron chi connectivity index (χ3n) is 6.72. The molecule has 216 valence electrons. The van der Waals surface area contributed by atoms with Crippen LogP contribution in [-0.2, 0) is 32.0 Å². The molecule has 7 N–H and O–H groups in total. The van der Waals surface area contributed by atoms with Gasteiger partial charge in [0, 0.05) is 16.9 Å². The maximum atomic E-state index is 13.7. The second-order valence-electron chi connectivity index (χ2n) is 10.4. The Hall–Kier alpha value is -3.22. The second-order valence-corrected chi connectivity index (χ2v) is 13.4. The number of carbonyl (C=O) groups excluding carboxylic acids is 3. The highest BCUT2D eigenvalue weighted by Crippen LogP contribution is 2.39. The summed E-state index contributed by atoms with van der Waals surface area (Å²) in [5.74, 6) is -2.76. The zero-order chi connectivity index (χ0) is 29.6. The molecular formula is C28H36N4O6S2. The summed E-state index contributed by atoms with van der Waals surface area (Å²) in [6.45, 7) is 7.18. The number of nitrogens with two attached hydrogens (primary N) is 1. The molecule has 0 bridgehead atoms. The first-order valence-electron chi connectivity index (χ1n) is 12.8. The molecule has 0 aliphatic carbocycles. The number of carboxylic acid groups (broad SMARTS) is 1. The van der Waals surface area contributed by atoms with Crippen LogP contribution >= 0.6 is 21.6 Å². The predicted molar refractivity (Wildman–Crippen MR) is 157 cm³/mol. The molecule has 0 saturated carbocycles. The molecule has 0 spiro atoms. The van der Waals surface area contributed by atoms with E-state index in [0.29, 0.717) is 0 Å². The van der Waals surface area contributed by atoms with E-state index in [9.17, 15) is 29.4 Å². The summed E-state index contributed by atoms with van der Waals surface area (Å²) in [5.41, 5.74) is 9.47. The lowest BCUT2D eigenvalue weighted by molar-refractivity contribution is -0.141. The molecule has 2 aromatic rings. The third-order valence-corrected chi connectivity index (χ3v) is 10.0. The van der Waals surface area contributed by atoms with Gasteiger partial charge < -0.3 is 31.9 Å². The molecule has 10 nitrogen and oxygen atoms in total. The molecule has 2 aromatic carbocycles. The Bertz CT molecular complexity index is 1230. The van der Waals surface area contributed by atoms with Crippen LogP contribution in [0.1, 0.15) is 36.1 Å². The lowest BCUT2D eigenvalue weighted by Gasteiger charge is -2.34. The van der Waals surface area contributed by atoms with Crippen LogP contribution in [0.5, 0.6) is 5.75 Å². The highest BCUT2D eigenvalue weighted by atomic mass is 33.1. The van der Waals surface area contributed by atoms with Crippen LogP contribution in [-0.4, -0.2) is 68.6 Å². The molecule has 0 aromatic heterocycles. The van der Waals surface area contributed by atoms with Crippen molar-refractivity contribution in [3.05, 3.63) is 64.7 Å². The number of hydrogen-bond donors (Lipinski definition) is 6. The fourth-order valence-corrected chi connectivity index (χ4v) is 7.28. The van der Waals surface area contributed by atoms with E-state index in [1.165, 1.54) is 21.6 Å². The van der Waals surface area contributed by atoms with E-state index in [1.807, 2.05) is 19.9 Å². The lowest BCUT2D eigenvalue weighted by atomic mass is 9.95. The number of carbonyl (C=O) groups is 4. The number of hydrogen-bond acceptors (Lipinski definition) is 8. The van der Waals surface area contributed by atoms with Crippen molar-refractivity contribution < 1.29 is 29.4 Å². The van der Waals surface area contributed by atoms with Crippen molar-refractivity contribution in [3.63, 3.8) is 0 Å². The van der Waals surface area contributed by atoms with Crippen molar-refractivity contribution in [2.75, 3.05) is 5.75 Å². The van der Waals surface area contributed by atoms with E-state index in [2.05, 4.69) is 16.0 Å². The van der Waals surface area contributed by atoms with Crippen molar-refractivity contribution in [2.24, 2.45) is 5.73 Å². The first kappa shape index (κ1) is 31.3. The molecule has 1 saturated heterocycles. The maximum absolute atomic E-state index is 13.7. The van der Waals surface area contributed by atoms with Crippen LogP contribution in [0, 0.1) is 13.8 Å². The van der Waals surface area contributed by atoms with E-state index >= 15 is 0 Å². The number of benzene rings is 2. The van der Waals surface area contributed by atoms with Crippen molar-refractivity contribution in [1.29, 1.82) is 0 Å². The molecular weight excluding hydrogens is 552 g/mol. The average molecular weight is 589 g/mol. The number of carboxylic acids is 1. The molecule has 3 amide bonds. The SMILES string of the molecule is Cc1cc(O)cc(C)c1C[C@H](N)C(=O)N[C@@H]1C(=O)N[C@@H](Cc2ccccc2)C(=O)N[C@@H](C(=O)O)CSSC1(C)C. The topological polar surface area (TPSA) is 171 Å². The average Bonchev–Trinajstić information content (AvgIpc) is 2.88. The Morgan fingerprint density at radius 2 is 1.73 bits per heavy atom. The minimum Gasteiger partial charge on any atom is -0.508 e. The standard InChI is InChI=1S/C28H36N4O6S2/c1-15-10-18(33)11-16(2)19(15)13-20(29)24(34)32-23-26(36)30-21(12-17-8-6-5-7-9-17)25(35)31-22(27(37)38)14-39-40-28(23,3)4/h5-11,20-23,33H,12-14,29H2,1-4H3,(H,30,36)(H,31,35)(H,32,34)(H,37,38)/t20-,21-,22+,23+/m0/s1. The number of aliphatic carboxylic acids is 1. The molecule has 1 heterocycles. The normalized spacial score (nSPS) is 22.3. The quantitative estimate of drug-likeness (QED) is 0.264. The molecule has 3 rings (SSSR count). The highest BCUT2D eigenvalue weighted by Gasteiger charge is 2.41. The summed E-state index contributed by atoms with van der Waals surface area (Å²) in [6, 6.07) is 7.95. The number of phenolic OH excluding ortho intramolecular Hbond substituents is 1. The fourth-order valence-electron chi connectivity index (χ4n) is 4.47. The van der Waals surface area contributed by atoms with Crippen molar-refractivity contribution in [1.82, 2.24) is 16.0 Å². The Kier molecular flexibility index (Phi) is 10.5. The number of nitrogens with one attached hydrogen (secondary N) is 3. The summed E-state index contributed by atoms with van der Waals surface area (Å²) < 4.78 is -0.901. The largest absolute Gasteiger partial charge is 0.508 e. The van der Waals surface area contributed by atoms with E-state index in [-0.39, 0.29) is 24.3 Å². The summed E-state index contributed by atoms with van der Waals surface area (Å²) in [5, 5.41) is 27.6. The zero-order valence-corrected chi connectivity index (χ0v) is 24.5. The minimum atomic E-state index is -1.18. The smallest absolute Gasteiger partial charge is 0.327 e. The molecule has 4 atom stereocenters. The van der Waals surface area contributed by atoms with Gasteiger partial charge in [-0.15, -0.1) is 0 Å². The first-order valence-corrected chi connectivity index (χ1v) is 15.1. The monoisotopic (exact) mass is 588 g/mol. The van der Waals surface area contributed by atoms with Gasteiger partial charge in [0.05, 0.1) is 6.04 Å². The van der Waals surface area contributed by atoms with Crippen LogP contribution in [0.3, 0.4) is 0 Å². The minimum absolute atomic E-state index is 0.0566. The number of aromatic hydroxyl groups is 1. The van der Waals surface area contributed by atoms with E-state index in [0.717, 1.165) is 22.3 Å². The van der Waals surface area contributed by atoms with E-state index in [1.54, 1.807) is 50.2 Å². The predicted octanol–water partition coefficient (Wildman–Crippen LogP) is 1.83. The highest BCUT2D eigenvalue weighted by molar-refractivity contribution is 8.77. The summed E-state index contributed by atoms with van der Waals surface area (Å²) >= 11 is 0. The summed E-state index contributed by atoms with van der Waals surface area (Å²) in [6.07, 6.45) is 0.324. The molecule has 1 fully saturated rings. The van der Waals surface area contributed by atoms with Crippen molar-refractivity contribution in [2.45, 2.75) is 69.5 Å². The van der Waals surface area contributed by atoms with Gasteiger partial charge in [-0.05, 0) is 68.5 Å². The van der Waals surface area contributed by atoms with E-state index in [4.69, 9.17) is 5.73 Å². The van der Waals surface area contributed by atoms with Crippen molar-refractivity contribution in [3.8, 4) is 5.75 Å². The molecule has 0 unspecified atom stereocenters. The summed E-state index contributed by atoms with van der Waals surface area (Å²) in [4.78, 5) is 52.0. The van der Waals surface area contributed by atoms with Gasteiger partial charge in [-0.3, -0.25) is 14.4 Å². The molecule has 12 heteroatoms. The first-order chi connectivity index (χ1) is 18.8. The van der Waals surface area contributed by atoms with Crippen LogP contribution < -0.4 is 21.7 Å². The van der Waals surface area contributed by atoms with Gasteiger partial charge in [0.1, 0.15) is 23.9 Å². The van der Waals surface area contributed by atoms with Crippen molar-refractivity contribution >= 4 is 45.3 Å². The molecule has 40 heavy (non-hydrogen) atoms. The third kappa shape index (κ3) is 8.15. The lowest BCUT2D eigenvalue weighted by Crippen LogP contribution is -2.62. The number of phenols is 1. The van der Waals surface area contributed by atoms with Gasteiger partial charge >= 0.3 is 5.97 Å². The number of rotatable bonds is 7. The van der Waals surface area contributed by atoms with Gasteiger partial charge in [-0.1, -0.05) is 51.9 Å². The fraction of sp³-hybridized carbons (Fsp3) is 0.429. The van der Waals surface area contributed by atoms with E-state index < -0.39 is 52.6 Å². The van der Waals surface area contributed by atoms with Crippen LogP contribution in [0.4, 0.5) is 0 Å². The maximum Gasteiger partial charge on any atom is 0.327 e. The Labute approximate surface area is 241 Å². The Morgan fingerprint density at radius 1 is 1.10 bits per heavy atom. The van der Waals surface area contributed by atoms with Gasteiger partial charge in [-0.25, -0.2) is 4.79 Å². The Balaban J connectivity index is 1.87. The van der Waals surface area contributed by atoms with Gasteiger partial charge in [0.15, 0.2) is 0 Å². The zero-order valence-electron chi connectivity index (χ0n) is 22.9. The molecule has 1 aliphatic rings.